The minimum absolute atomic E-state index is 0.111. The van der Waals surface area contributed by atoms with Crippen molar-refractivity contribution in [1.29, 1.82) is 0 Å². The number of imidazole rings is 1. The molecule has 0 saturated carbocycles. The number of nitrogens with zero attached hydrogens (tertiary/aromatic N) is 2. The van der Waals surface area contributed by atoms with E-state index in [-0.39, 0.29) is 11.8 Å². The molecule has 0 saturated heterocycles. The van der Waals surface area contributed by atoms with E-state index in [9.17, 15) is 4.79 Å². The first kappa shape index (κ1) is 12.4. The van der Waals surface area contributed by atoms with Crippen molar-refractivity contribution in [3.8, 4) is 5.69 Å². The predicted molar refractivity (Wildman–Crippen MR) is 68.8 cm³/mol. The average molecular weight is 244 g/mol. The van der Waals surface area contributed by atoms with Crippen LogP contribution in [0.3, 0.4) is 0 Å². The maximum Gasteiger partial charge on any atom is 0.304 e. The molecule has 0 bridgehead atoms. The Balaban J connectivity index is 2.35. The van der Waals surface area contributed by atoms with Gasteiger partial charge in [0.2, 0.25) is 0 Å². The minimum atomic E-state index is -0.784. The lowest BCUT2D eigenvalue weighted by atomic mass is 9.81. The van der Waals surface area contributed by atoms with Crippen molar-refractivity contribution in [2.24, 2.45) is 0 Å². The molecule has 0 amide bonds. The summed E-state index contributed by atoms with van der Waals surface area (Å²) in [4.78, 5) is 14.9. The summed E-state index contributed by atoms with van der Waals surface area (Å²) in [6, 6.07) is 7.88. The highest BCUT2D eigenvalue weighted by molar-refractivity contribution is 5.69. The number of aromatic nitrogens is 2. The molecule has 1 heterocycles. The smallest absolute Gasteiger partial charge is 0.304 e. The largest absolute Gasteiger partial charge is 0.481 e. The number of rotatable bonds is 4. The molecule has 4 nitrogen and oxygen atoms in total. The van der Waals surface area contributed by atoms with E-state index in [2.05, 4.69) is 4.98 Å². The van der Waals surface area contributed by atoms with Crippen LogP contribution in [-0.2, 0) is 10.2 Å². The van der Waals surface area contributed by atoms with Crippen LogP contribution in [0.15, 0.2) is 43.0 Å². The van der Waals surface area contributed by atoms with Gasteiger partial charge in [-0.05, 0) is 17.7 Å². The highest BCUT2D eigenvalue weighted by Gasteiger charge is 2.24. The number of hydrogen-bond donors (Lipinski definition) is 1. The monoisotopic (exact) mass is 244 g/mol. The van der Waals surface area contributed by atoms with E-state index in [1.165, 1.54) is 0 Å². The van der Waals surface area contributed by atoms with Crippen molar-refractivity contribution in [3.05, 3.63) is 48.5 Å². The number of carbonyl (C=O) groups is 1. The zero-order valence-corrected chi connectivity index (χ0v) is 10.5. The normalized spacial score (nSPS) is 11.4. The number of carboxylic acids is 1. The highest BCUT2D eigenvalue weighted by Crippen LogP contribution is 2.28. The van der Waals surface area contributed by atoms with Crippen LogP contribution in [-0.4, -0.2) is 20.6 Å². The van der Waals surface area contributed by atoms with Crippen LogP contribution in [0.5, 0.6) is 0 Å². The summed E-state index contributed by atoms with van der Waals surface area (Å²) in [5.74, 6) is -0.784. The van der Waals surface area contributed by atoms with E-state index in [0.717, 1.165) is 11.3 Å². The first-order valence-corrected chi connectivity index (χ1v) is 5.80. The molecule has 0 aliphatic rings. The van der Waals surface area contributed by atoms with Crippen molar-refractivity contribution >= 4 is 5.97 Å². The second-order valence-corrected chi connectivity index (χ2v) is 4.97. The summed E-state index contributed by atoms with van der Waals surface area (Å²) in [6.45, 7) is 3.88. The number of benzene rings is 1. The third-order valence-corrected chi connectivity index (χ3v) is 3.02. The highest BCUT2D eigenvalue weighted by atomic mass is 16.4. The van der Waals surface area contributed by atoms with Crippen molar-refractivity contribution in [3.63, 3.8) is 0 Å². The van der Waals surface area contributed by atoms with E-state index in [1.54, 1.807) is 12.5 Å². The van der Waals surface area contributed by atoms with Gasteiger partial charge in [0.25, 0.3) is 0 Å². The van der Waals surface area contributed by atoms with Crippen LogP contribution in [0.1, 0.15) is 25.8 Å². The number of hydrogen-bond acceptors (Lipinski definition) is 2. The Hall–Kier alpha value is -2.10. The van der Waals surface area contributed by atoms with Gasteiger partial charge in [0.05, 0.1) is 12.7 Å². The van der Waals surface area contributed by atoms with E-state index in [0.29, 0.717) is 0 Å². The summed E-state index contributed by atoms with van der Waals surface area (Å²) < 4.78 is 1.90. The van der Waals surface area contributed by atoms with Gasteiger partial charge >= 0.3 is 5.97 Å². The van der Waals surface area contributed by atoms with Crippen LogP contribution in [0.25, 0.3) is 5.69 Å². The molecule has 2 rings (SSSR count). The molecule has 1 N–H and O–H groups in total. The quantitative estimate of drug-likeness (QED) is 0.899. The van der Waals surface area contributed by atoms with Crippen LogP contribution < -0.4 is 0 Å². The topological polar surface area (TPSA) is 55.1 Å². The Bertz CT molecular complexity index is 545. The van der Waals surface area contributed by atoms with Crippen LogP contribution in [0.2, 0.25) is 0 Å². The van der Waals surface area contributed by atoms with Gasteiger partial charge in [0.1, 0.15) is 0 Å². The van der Waals surface area contributed by atoms with Crippen molar-refractivity contribution in [2.75, 3.05) is 0 Å². The van der Waals surface area contributed by atoms with Gasteiger partial charge < -0.3 is 9.67 Å². The molecule has 0 aliphatic heterocycles. The molecule has 94 valence electrons. The van der Waals surface area contributed by atoms with Crippen LogP contribution >= 0.6 is 0 Å². The Kier molecular flexibility index (Phi) is 3.19. The molecule has 0 radical (unpaired) electrons. The zero-order valence-electron chi connectivity index (χ0n) is 10.5. The van der Waals surface area contributed by atoms with Gasteiger partial charge in [-0.1, -0.05) is 26.0 Å². The maximum absolute atomic E-state index is 10.9. The SMILES string of the molecule is CC(C)(CC(=O)O)c1cccc(-n2ccnc2)c1. The average Bonchev–Trinajstić information content (AvgIpc) is 2.81. The van der Waals surface area contributed by atoms with Crippen molar-refractivity contribution < 1.29 is 9.90 Å². The van der Waals surface area contributed by atoms with Crippen molar-refractivity contribution in [1.82, 2.24) is 9.55 Å². The van der Waals surface area contributed by atoms with E-state index < -0.39 is 5.97 Å². The molecule has 18 heavy (non-hydrogen) atoms. The van der Waals surface area contributed by atoms with E-state index in [1.807, 2.05) is 48.9 Å². The van der Waals surface area contributed by atoms with Crippen LogP contribution in [0, 0.1) is 0 Å². The van der Waals surface area contributed by atoms with Gasteiger partial charge in [-0.25, -0.2) is 4.98 Å². The summed E-state index contributed by atoms with van der Waals surface area (Å²) in [5.41, 5.74) is 1.61. The molecule has 0 unspecified atom stereocenters. The third-order valence-electron chi connectivity index (χ3n) is 3.02. The molecule has 1 aromatic heterocycles. The molecule has 0 atom stereocenters. The zero-order chi connectivity index (χ0) is 13.2. The molecule has 0 fully saturated rings. The van der Waals surface area contributed by atoms with Gasteiger partial charge in [-0.3, -0.25) is 4.79 Å². The second kappa shape index (κ2) is 4.64. The van der Waals surface area contributed by atoms with Gasteiger partial charge in [0, 0.05) is 23.5 Å². The lowest BCUT2D eigenvalue weighted by Crippen LogP contribution is -2.21. The molecular weight excluding hydrogens is 228 g/mol. The maximum atomic E-state index is 10.9. The lowest BCUT2D eigenvalue weighted by molar-refractivity contribution is -0.138. The Morgan fingerprint density at radius 1 is 1.44 bits per heavy atom. The Morgan fingerprint density at radius 3 is 2.83 bits per heavy atom. The second-order valence-electron chi connectivity index (χ2n) is 4.97. The predicted octanol–water partition coefficient (Wildman–Crippen LogP) is 2.62. The standard InChI is InChI=1S/C14H16N2O2/c1-14(2,9-13(17)18)11-4-3-5-12(8-11)16-7-6-15-10-16/h3-8,10H,9H2,1-2H3,(H,17,18). The Morgan fingerprint density at radius 2 is 2.22 bits per heavy atom. The minimum Gasteiger partial charge on any atom is -0.481 e. The molecule has 4 heteroatoms. The fourth-order valence-electron chi connectivity index (χ4n) is 1.98. The molecule has 0 spiro atoms. The van der Waals surface area contributed by atoms with E-state index in [4.69, 9.17) is 5.11 Å². The number of carboxylic acid groups (broad SMARTS) is 1. The third kappa shape index (κ3) is 2.59. The lowest BCUT2D eigenvalue weighted by Gasteiger charge is -2.23. The van der Waals surface area contributed by atoms with Gasteiger partial charge in [-0.15, -0.1) is 0 Å². The molecule has 2 aromatic rings. The fourth-order valence-corrected chi connectivity index (χ4v) is 1.98. The molecule has 1 aromatic carbocycles. The first-order valence-electron chi connectivity index (χ1n) is 5.80. The first-order chi connectivity index (χ1) is 8.49. The van der Waals surface area contributed by atoms with Crippen molar-refractivity contribution in [2.45, 2.75) is 25.7 Å². The molecule has 0 aliphatic carbocycles. The summed E-state index contributed by atoms with van der Waals surface area (Å²) in [6.07, 6.45) is 5.42. The molecular formula is C14H16N2O2. The summed E-state index contributed by atoms with van der Waals surface area (Å²) >= 11 is 0. The van der Waals surface area contributed by atoms with Crippen LogP contribution in [0.4, 0.5) is 0 Å². The van der Waals surface area contributed by atoms with Gasteiger partial charge in [-0.2, -0.15) is 0 Å². The number of aliphatic carboxylic acids is 1. The summed E-state index contributed by atoms with van der Waals surface area (Å²) in [5, 5.41) is 8.95. The Labute approximate surface area is 106 Å². The van der Waals surface area contributed by atoms with Gasteiger partial charge in [0.15, 0.2) is 0 Å². The fraction of sp³-hybridized carbons (Fsp3) is 0.286. The van der Waals surface area contributed by atoms with E-state index >= 15 is 0 Å². The summed E-state index contributed by atoms with van der Waals surface area (Å²) in [7, 11) is 0.